The van der Waals surface area contributed by atoms with E-state index in [9.17, 15) is 14.7 Å². The highest BCUT2D eigenvalue weighted by Gasteiger charge is 2.14. The molecule has 0 bridgehead atoms. The summed E-state index contributed by atoms with van der Waals surface area (Å²) in [6, 6.07) is 16.6. The normalized spacial score (nSPS) is 11.8. The summed E-state index contributed by atoms with van der Waals surface area (Å²) >= 11 is 0. The van der Waals surface area contributed by atoms with E-state index in [4.69, 9.17) is 0 Å². The van der Waals surface area contributed by atoms with Crippen molar-refractivity contribution in [3.8, 4) is 0 Å². The average molecular weight is 340 g/mol. The molecule has 5 nitrogen and oxygen atoms in total. The molecule has 0 aliphatic rings. The van der Waals surface area contributed by atoms with Gasteiger partial charge in [0.05, 0.1) is 6.10 Å². The predicted octanol–water partition coefficient (Wildman–Crippen LogP) is 2.99. The fraction of sp³-hybridized carbons (Fsp3) is 0.300. The van der Waals surface area contributed by atoms with Gasteiger partial charge in [0.1, 0.15) is 0 Å². The van der Waals surface area contributed by atoms with Gasteiger partial charge in [0.2, 0.25) is 0 Å². The van der Waals surface area contributed by atoms with Crippen molar-refractivity contribution >= 4 is 17.5 Å². The van der Waals surface area contributed by atoms with E-state index in [1.165, 1.54) is 0 Å². The van der Waals surface area contributed by atoms with E-state index < -0.39 is 17.9 Å². The Bertz CT molecular complexity index is 697. The maximum absolute atomic E-state index is 11.9. The molecule has 0 aromatic heterocycles. The van der Waals surface area contributed by atoms with Gasteiger partial charge in [-0.2, -0.15) is 0 Å². The Kier molecular flexibility index (Phi) is 6.71. The third kappa shape index (κ3) is 5.72. The fourth-order valence-electron chi connectivity index (χ4n) is 2.38. The number of carbonyl (C=O) groups is 2. The highest BCUT2D eigenvalue weighted by Crippen LogP contribution is 2.17. The molecule has 132 valence electrons. The van der Waals surface area contributed by atoms with E-state index in [0.29, 0.717) is 18.0 Å². The number of aliphatic hydroxyl groups is 1. The number of carbonyl (C=O) groups excluding carboxylic acids is 2. The minimum atomic E-state index is -0.716. The second-order valence-electron chi connectivity index (χ2n) is 6.20. The van der Waals surface area contributed by atoms with Crippen LogP contribution in [-0.4, -0.2) is 23.5 Å². The van der Waals surface area contributed by atoms with Crippen LogP contribution in [0, 0.1) is 0 Å². The van der Waals surface area contributed by atoms with Crippen molar-refractivity contribution in [3.63, 3.8) is 0 Å². The number of hydrogen-bond acceptors (Lipinski definition) is 3. The van der Waals surface area contributed by atoms with E-state index in [1.54, 1.807) is 12.1 Å². The van der Waals surface area contributed by atoms with Gasteiger partial charge >= 0.3 is 11.8 Å². The molecule has 2 rings (SSSR count). The molecule has 0 radical (unpaired) electrons. The average Bonchev–Trinajstić information content (AvgIpc) is 2.62. The van der Waals surface area contributed by atoms with Crippen LogP contribution in [-0.2, 0) is 9.59 Å². The van der Waals surface area contributed by atoms with Crippen LogP contribution in [0.2, 0.25) is 0 Å². The van der Waals surface area contributed by atoms with Gasteiger partial charge in [-0.15, -0.1) is 0 Å². The van der Waals surface area contributed by atoms with Crippen molar-refractivity contribution in [2.75, 3.05) is 11.9 Å². The second-order valence-corrected chi connectivity index (χ2v) is 6.20. The molecule has 2 aromatic carbocycles. The van der Waals surface area contributed by atoms with E-state index in [1.807, 2.05) is 42.5 Å². The summed E-state index contributed by atoms with van der Waals surface area (Å²) in [5, 5.41) is 15.1. The zero-order valence-corrected chi connectivity index (χ0v) is 14.5. The smallest absolute Gasteiger partial charge is 0.313 e. The molecule has 2 amide bonds. The molecular weight excluding hydrogens is 316 g/mol. The predicted molar refractivity (Wildman–Crippen MR) is 98.2 cm³/mol. The van der Waals surface area contributed by atoms with E-state index in [-0.39, 0.29) is 6.54 Å². The number of benzene rings is 2. The highest BCUT2D eigenvalue weighted by atomic mass is 16.3. The number of aliphatic hydroxyl groups excluding tert-OH is 1. The topological polar surface area (TPSA) is 78.4 Å². The fourth-order valence-corrected chi connectivity index (χ4v) is 2.38. The quantitative estimate of drug-likeness (QED) is 0.707. The van der Waals surface area contributed by atoms with Crippen LogP contribution >= 0.6 is 0 Å². The largest absolute Gasteiger partial charge is 0.388 e. The van der Waals surface area contributed by atoms with Gasteiger partial charge in [0, 0.05) is 12.2 Å². The van der Waals surface area contributed by atoms with Gasteiger partial charge in [0.25, 0.3) is 0 Å². The molecule has 0 saturated carbocycles. The summed E-state index contributed by atoms with van der Waals surface area (Å²) in [5.41, 5.74) is 2.53. The molecule has 5 heteroatoms. The van der Waals surface area contributed by atoms with Crippen LogP contribution < -0.4 is 10.6 Å². The monoisotopic (exact) mass is 340 g/mol. The first-order valence-corrected chi connectivity index (χ1v) is 8.39. The highest BCUT2D eigenvalue weighted by molar-refractivity contribution is 6.39. The van der Waals surface area contributed by atoms with Crippen LogP contribution in [0.25, 0.3) is 0 Å². The summed E-state index contributed by atoms with van der Waals surface area (Å²) in [6.45, 7) is 4.39. The van der Waals surface area contributed by atoms with E-state index in [0.717, 1.165) is 11.1 Å². The lowest BCUT2D eigenvalue weighted by atomic mass is 10.0. The molecule has 0 fully saturated rings. The number of hydrogen-bond donors (Lipinski definition) is 3. The Hall–Kier alpha value is -2.66. The molecule has 1 atom stereocenters. The first-order valence-electron chi connectivity index (χ1n) is 8.39. The van der Waals surface area contributed by atoms with E-state index >= 15 is 0 Å². The van der Waals surface area contributed by atoms with Crippen molar-refractivity contribution in [2.45, 2.75) is 32.3 Å². The Morgan fingerprint density at radius 1 is 0.920 bits per heavy atom. The van der Waals surface area contributed by atoms with Crippen LogP contribution in [0.1, 0.15) is 43.4 Å². The number of rotatable bonds is 6. The van der Waals surface area contributed by atoms with Crippen molar-refractivity contribution in [3.05, 3.63) is 65.7 Å². The lowest BCUT2D eigenvalue weighted by Crippen LogP contribution is -2.36. The minimum absolute atomic E-state index is 0.217. The summed E-state index contributed by atoms with van der Waals surface area (Å²) in [4.78, 5) is 23.7. The van der Waals surface area contributed by atoms with Crippen molar-refractivity contribution in [1.82, 2.24) is 5.32 Å². The molecule has 2 aromatic rings. The van der Waals surface area contributed by atoms with Gasteiger partial charge in [-0.1, -0.05) is 56.3 Å². The molecule has 1 unspecified atom stereocenters. The van der Waals surface area contributed by atoms with Crippen LogP contribution in [0.5, 0.6) is 0 Å². The molecule has 3 N–H and O–H groups in total. The van der Waals surface area contributed by atoms with Gasteiger partial charge in [-0.05, 0) is 35.6 Å². The molecular formula is C20H24N2O3. The van der Waals surface area contributed by atoms with Crippen LogP contribution in [0.15, 0.2) is 54.6 Å². The zero-order valence-electron chi connectivity index (χ0n) is 14.5. The van der Waals surface area contributed by atoms with Crippen molar-refractivity contribution < 1.29 is 14.7 Å². The first-order chi connectivity index (χ1) is 12.0. The summed E-state index contributed by atoms with van der Waals surface area (Å²) in [6.07, 6.45) is -0.334. The Balaban J connectivity index is 1.77. The summed E-state index contributed by atoms with van der Waals surface area (Å²) < 4.78 is 0. The van der Waals surface area contributed by atoms with Crippen LogP contribution in [0.3, 0.4) is 0 Å². The number of nitrogens with one attached hydrogen (secondary N) is 2. The third-order valence-corrected chi connectivity index (χ3v) is 3.93. The lowest BCUT2D eigenvalue weighted by molar-refractivity contribution is -0.136. The van der Waals surface area contributed by atoms with E-state index in [2.05, 4.69) is 24.5 Å². The molecule has 0 saturated heterocycles. The molecule has 0 aliphatic heterocycles. The maximum atomic E-state index is 11.9. The van der Waals surface area contributed by atoms with Gasteiger partial charge < -0.3 is 15.7 Å². The molecule has 0 aliphatic carbocycles. The number of amides is 2. The van der Waals surface area contributed by atoms with Crippen molar-refractivity contribution in [1.29, 1.82) is 0 Å². The first kappa shape index (κ1) is 18.7. The third-order valence-electron chi connectivity index (χ3n) is 3.93. The summed E-state index contributed by atoms with van der Waals surface area (Å²) in [5.74, 6) is -1.02. The van der Waals surface area contributed by atoms with Gasteiger partial charge in [-0.25, -0.2) is 0 Å². The Labute approximate surface area is 148 Å². The molecule has 0 heterocycles. The minimum Gasteiger partial charge on any atom is -0.388 e. The number of anilines is 1. The van der Waals surface area contributed by atoms with Gasteiger partial charge in [0.15, 0.2) is 0 Å². The van der Waals surface area contributed by atoms with Gasteiger partial charge in [-0.3, -0.25) is 9.59 Å². The SMILES string of the molecule is CC(C)c1ccc(NC(=O)C(=O)NCCC(O)c2ccccc2)cc1. The second kappa shape index (κ2) is 8.99. The Morgan fingerprint density at radius 3 is 2.16 bits per heavy atom. The molecule has 25 heavy (non-hydrogen) atoms. The van der Waals surface area contributed by atoms with Crippen molar-refractivity contribution in [2.24, 2.45) is 0 Å². The zero-order chi connectivity index (χ0) is 18.2. The molecule has 0 spiro atoms. The summed E-state index contributed by atoms with van der Waals surface area (Å²) in [7, 11) is 0. The standard InChI is InChI=1S/C20H24N2O3/c1-14(2)15-8-10-17(11-9-15)22-20(25)19(24)21-13-12-18(23)16-6-4-3-5-7-16/h3-11,14,18,23H,12-13H2,1-2H3,(H,21,24)(H,22,25). The Morgan fingerprint density at radius 2 is 1.56 bits per heavy atom. The maximum Gasteiger partial charge on any atom is 0.313 e. The lowest BCUT2D eigenvalue weighted by Gasteiger charge is -2.12. The van der Waals surface area contributed by atoms with Crippen LogP contribution in [0.4, 0.5) is 5.69 Å².